The number of hydrogen-bond donors (Lipinski definition) is 2. The summed E-state index contributed by atoms with van der Waals surface area (Å²) in [5.74, 6) is -1.77. The maximum atomic E-state index is 14.1. The second-order valence-corrected chi connectivity index (χ2v) is 5.70. The van der Waals surface area contributed by atoms with Crippen molar-refractivity contribution in [2.75, 3.05) is 0 Å². The van der Waals surface area contributed by atoms with E-state index in [1.54, 1.807) is 30.3 Å². The molecular weight excluding hydrogens is 403 g/mol. The highest BCUT2D eigenvalue weighted by molar-refractivity contribution is 5.85. The summed E-state index contributed by atoms with van der Waals surface area (Å²) >= 11 is 0. The molecule has 10 heteroatoms. The van der Waals surface area contributed by atoms with Gasteiger partial charge in [0.05, 0.1) is 23.3 Å². The Bertz CT molecular complexity index is 762. The van der Waals surface area contributed by atoms with Crippen molar-refractivity contribution < 1.29 is 35.8 Å². The lowest BCUT2D eigenvalue weighted by molar-refractivity contribution is -0.144. The van der Waals surface area contributed by atoms with Gasteiger partial charge in [0.1, 0.15) is 5.82 Å². The molecule has 0 aliphatic carbocycles. The molecule has 0 aromatic heterocycles. The Morgan fingerprint density at radius 3 is 1.96 bits per heavy atom. The van der Waals surface area contributed by atoms with Gasteiger partial charge in [-0.2, -0.15) is 26.3 Å². The maximum Gasteiger partial charge on any atom is 0.416 e. The monoisotopic (exact) mass is 417 g/mol. The minimum absolute atomic E-state index is 0. The molecule has 150 valence electrons. The number of aliphatic hydroxyl groups excluding tert-OH is 1. The van der Waals surface area contributed by atoms with E-state index in [-0.39, 0.29) is 31.0 Å². The fourth-order valence-corrected chi connectivity index (χ4v) is 2.53. The third kappa shape index (κ3) is 5.57. The van der Waals surface area contributed by atoms with Gasteiger partial charge in [0.15, 0.2) is 0 Å². The van der Waals surface area contributed by atoms with Gasteiger partial charge >= 0.3 is 12.4 Å². The first-order valence-corrected chi connectivity index (χ1v) is 7.36. The lowest BCUT2D eigenvalue weighted by Gasteiger charge is -2.24. The highest BCUT2D eigenvalue weighted by Crippen LogP contribution is 2.40. The molecule has 0 spiro atoms. The Kier molecular flexibility index (Phi) is 7.26. The van der Waals surface area contributed by atoms with Crippen molar-refractivity contribution in [1.82, 2.24) is 0 Å². The standard InChI is InChI=1S/C17H14F7NO.ClH/c18-12-8-10(16(19,20)21)7-11(17(22,23)24)14(12)15(25)13(26)6-9-4-2-1-3-5-9;/h1-5,7-8,13,15,26H,6,25H2;1H/t13-,15-;/m0./s1. The summed E-state index contributed by atoms with van der Waals surface area (Å²) in [6.07, 6.45) is -12.3. The van der Waals surface area contributed by atoms with Gasteiger partial charge in [-0.25, -0.2) is 4.39 Å². The molecule has 3 N–H and O–H groups in total. The number of nitrogens with two attached hydrogens (primary N) is 1. The fourth-order valence-electron chi connectivity index (χ4n) is 2.53. The van der Waals surface area contributed by atoms with Crippen molar-refractivity contribution in [3.8, 4) is 0 Å². The molecule has 0 aliphatic rings. The number of rotatable bonds is 4. The van der Waals surface area contributed by atoms with E-state index in [1.807, 2.05) is 0 Å². The third-order valence-electron chi connectivity index (χ3n) is 3.80. The zero-order valence-corrected chi connectivity index (χ0v) is 14.3. The number of benzene rings is 2. The molecule has 0 radical (unpaired) electrons. The second-order valence-electron chi connectivity index (χ2n) is 5.70. The highest BCUT2D eigenvalue weighted by Gasteiger charge is 2.41. The Morgan fingerprint density at radius 1 is 0.926 bits per heavy atom. The van der Waals surface area contributed by atoms with Gasteiger partial charge < -0.3 is 10.8 Å². The summed E-state index contributed by atoms with van der Waals surface area (Å²) in [6, 6.07) is 5.93. The molecule has 0 saturated heterocycles. The molecule has 0 fully saturated rings. The van der Waals surface area contributed by atoms with Gasteiger partial charge in [-0.3, -0.25) is 0 Å². The van der Waals surface area contributed by atoms with Crippen LogP contribution >= 0.6 is 12.4 Å². The second kappa shape index (κ2) is 8.45. The van der Waals surface area contributed by atoms with Crippen molar-refractivity contribution in [3.05, 3.63) is 70.5 Å². The zero-order chi connectivity index (χ0) is 19.7. The summed E-state index contributed by atoms with van der Waals surface area (Å²) in [7, 11) is 0. The first kappa shape index (κ1) is 23.2. The lowest BCUT2D eigenvalue weighted by Crippen LogP contribution is -2.31. The quantitative estimate of drug-likeness (QED) is 0.696. The van der Waals surface area contributed by atoms with Crippen LogP contribution in [0.15, 0.2) is 42.5 Å². The van der Waals surface area contributed by atoms with Crippen LogP contribution in [0.3, 0.4) is 0 Å². The molecule has 2 nitrogen and oxygen atoms in total. The Labute approximate surface area is 156 Å². The predicted octanol–water partition coefficient (Wildman–Crippen LogP) is 4.89. The predicted molar refractivity (Wildman–Crippen MR) is 86.7 cm³/mol. The molecule has 27 heavy (non-hydrogen) atoms. The van der Waals surface area contributed by atoms with Crippen LogP contribution in [0, 0.1) is 5.82 Å². The molecule has 0 amide bonds. The van der Waals surface area contributed by atoms with E-state index < -0.39 is 47.0 Å². The molecular formula is C17H15ClF7NO. The van der Waals surface area contributed by atoms with Gasteiger partial charge in [0, 0.05) is 12.0 Å². The molecule has 0 saturated carbocycles. The lowest BCUT2D eigenvalue weighted by atomic mass is 9.91. The van der Waals surface area contributed by atoms with E-state index in [4.69, 9.17) is 5.73 Å². The summed E-state index contributed by atoms with van der Waals surface area (Å²) in [5.41, 5.74) is 1.26. The first-order chi connectivity index (χ1) is 11.9. The zero-order valence-electron chi connectivity index (χ0n) is 13.5. The van der Waals surface area contributed by atoms with Crippen molar-refractivity contribution in [3.63, 3.8) is 0 Å². The molecule has 0 aliphatic heterocycles. The minimum Gasteiger partial charge on any atom is -0.391 e. The van der Waals surface area contributed by atoms with Crippen molar-refractivity contribution in [2.24, 2.45) is 5.73 Å². The van der Waals surface area contributed by atoms with Crippen LogP contribution < -0.4 is 5.73 Å². The van der Waals surface area contributed by atoms with Gasteiger partial charge in [0.25, 0.3) is 0 Å². The average molecular weight is 418 g/mol. The van der Waals surface area contributed by atoms with Crippen LogP contribution in [-0.4, -0.2) is 11.2 Å². The van der Waals surface area contributed by atoms with Crippen LogP contribution in [0.5, 0.6) is 0 Å². The Hall–Kier alpha value is -1.84. The largest absolute Gasteiger partial charge is 0.416 e. The third-order valence-corrected chi connectivity index (χ3v) is 3.80. The van der Waals surface area contributed by atoms with Crippen LogP contribution in [0.4, 0.5) is 30.7 Å². The van der Waals surface area contributed by atoms with E-state index in [2.05, 4.69) is 0 Å². The molecule has 2 aromatic carbocycles. The average Bonchev–Trinajstić information content (AvgIpc) is 2.52. The molecule has 0 heterocycles. The van der Waals surface area contributed by atoms with E-state index in [1.165, 1.54) is 0 Å². The molecule has 2 atom stereocenters. The Balaban J connectivity index is 0.00000364. The summed E-state index contributed by atoms with van der Waals surface area (Å²) in [4.78, 5) is 0. The van der Waals surface area contributed by atoms with Crippen LogP contribution in [0.25, 0.3) is 0 Å². The fraction of sp³-hybridized carbons (Fsp3) is 0.294. The smallest absolute Gasteiger partial charge is 0.391 e. The normalized spacial score (nSPS) is 14.4. The first-order valence-electron chi connectivity index (χ1n) is 7.36. The topological polar surface area (TPSA) is 46.2 Å². The summed E-state index contributed by atoms with van der Waals surface area (Å²) in [6.45, 7) is 0. The van der Waals surface area contributed by atoms with E-state index in [9.17, 15) is 35.8 Å². The number of hydrogen-bond acceptors (Lipinski definition) is 2. The van der Waals surface area contributed by atoms with E-state index >= 15 is 0 Å². The van der Waals surface area contributed by atoms with E-state index in [0.717, 1.165) is 0 Å². The summed E-state index contributed by atoms with van der Waals surface area (Å²) < 4.78 is 91.8. The van der Waals surface area contributed by atoms with Gasteiger partial charge in [-0.05, 0) is 17.7 Å². The minimum atomic E-state index is -5.28. The van der Waals surface area contributed by atoms with Crippen molar-refractivity contribution >= 4 is 12.4 Å². The van der Waals surface area contributed by atoms with Gasteiger partial charge in [0.2, 0.25) is 0 Å². The molecule has 0 bridgehead atoms. The summed E-state index contributed by atoms with van der Waals surface area (Å²) in [5, 5.41) is 10.1. The maximum absolute atomic E-state index is 14.1. The molecule has 2 rings (SSSR count). The van der Waals surface area contributed by atoms with Crippen LogP contribution in [0.1, 0.15) is 28.3 Å². The number of halogens is 8. The highest BCUT2D eigenvalue weighted by atomic mass is 35.5. The van der Waals surface area contributed by atoms with Crippen LogP contribution in [-0.2, 0) is 18.8 Å². The SMILES string of the molecule is Cl.N[C@H](c1c(F)cc(C(F)(F)F)cc1C(F)(F)F)[C@@H](O)Cc1ccccc1. The molecule has 0 unspecified atom stereocenters. The van der Waals surface area contributed by atoms with Crippen LogP contribution in [0.2, 0.25) is 0 Å². The number of alkyl halides is 6. The molecule has 2 aromatic rings. The Morgan fingerprint density at radius 2 is 1.48 bits per heavy atom. The number of aliphatic hydroxyl groups is 1. The van der Waals surface area contributed by atoms with E-state index in [0.29, 0.717) is 5.56 Å². The van der Waals surface area contributed by atoms with Gasteiger partial charge in [-0.1, -0.05) is 30.3 Å². The van der Waals surface area contributed by atoms with Crippen molar-refractivity contribution in [1.29, 1.82) is 0 Å². The van der Waals surface area contributed by atoms with Crippen molar-refractivity contribution in [2.45, 2.75) is 30.9 Å². The van der Waals surface area contributed by atoms with Gasteiger partial charge in [-0.15, -0.1) is 12.4 Å².